The Morgan fingerprint density at radius 1 is 1.50 bits per heavy atom. The van der Waals surface area contributed by atoms with Crippen LogP contribution >= 0.6 is 0 Å². The van der Waals surface area contributed by atoms with Gasteiger partial charge in [0.1, 0.15) is 0 Å². The lowest BCUT2D eigenvalue weighted by atomic mass is 9.97. The van der Waals surface area contributed by atoms with E-state index in [4.69, 9.17) is 0 Å². The van der Waals surface area contributed by atoms with Crippen LogP contribution in [0.3, 0.4) is 0 Å². The minimum atomic E-state index is 0.181. The molecule has 0 heterocycles. The van der Waals surface area contributed by atoms with Crippen LogP contribution in [0.2, 0.25) is 0 Å². The highest BCUT2D eigenvalue weighted by Gasteiger charge is 2.06. The monoisotopic (exact) mass is 224 g/mol. The fourth-order valence-electron chi connectivity index (χ4n) is 1.89. The molecule has 0 fully saturated rings. The van der Waals surface area contributed by atoms with Gasteiger partial charge in [-0.2, -0.15) is 0 Å². The summed E-state index contributed by atoms with van der Waals surface area (Å²) in [7, 11) is 1.84. The first kappa shape index (κ1) is 13.2. The van der Waals surface area contributed by atoms with Gasteiger partial charge in [0.05, 0.1) is 6.54 Å². The third-order valence-corrected chi connectivity index (χ3v) is 3.18. The van der Waals surface area contributed by atoms with E-state index in [1.807, 2.05) is 14.0 Å². The fraction of sp³-hybridized carbons (Fsp3) is 0.769. The molecular weight excluding hydrogens is 200 g/mol. The third kappa shape index (κ3) is 4.79. The number of nitrogens with zero attached hydrogens (tertiary/aromatic N) is 1. The van der Waals surface area contributed by atoms with Gasteiger partial charge < -0.3 is 10.2 Å². The molecule has 0 atom stereocenters. The van der Waals surface area contributed by atoms with Gasteiger partial charge in [-0.3, -0.25) is 4.79 Å². The topological polar surface area (TPSA) is 32.3 Å². The van der Waals surface area contributed by atoms with Gasteiger partial charge in [0.25, 0.3) is 0 Å². The molecule has 0 aliphatic heterocycles. The summed E-state index contributed by atoms with van der Waals surface area (Å²) < 4.78 is 0. The second-order valence-electron chi connectivity index (χ2n) is 4.44. The number of amides is 1. The highest BCUT2D eigenvalue weighted by molar-refractivity contribution is 5.77. The van der Waals surface area contributed by atoms with Crippen LogP contribution in [0.25, 0.3) is 0 Å². The number of rotatable bonds is 6. The molecule has 0 saturated heterocycles. The normalized spacial score (nSPS) is 15.8. The van der Waals surface area contributed by atoms with Crippen molar-refractivity contribution in [3.8, 4) is 0 Å². The van der Waals surface area contributed by atoms with Crippen LogP contribution in [0.5, 0.6) is 0 Å². The maximum absolute atomic E-state index is 11.5. The molecular formula is C13H24N2O. The summed E-state index contributed by atoms with van der Waals surface area (Å²) in [6, 6.07) is 0. The Labute approximate surface area is 98.9 Å². The van der Waals surface area contributed by atoms with Crippen LogP contribution in [-0.2, 0) is 4.79 Å². The Hall–Kier alpha value is -0.830. The van der Waals surface area contributed by atoms with Crippen LogP contribution in [0.1, 0.15) is 39.0 Å². The summed E-state index contributed by atoms with van der Waals surface area (Å²) in [5.41, 5.74) is 1.56. The second-order valence-corrected chi connectivity index (χ2v) is 4.44. The summed E-state index contributed by atoms with van der Waals surface area (Å²) in [5.74, 6) is 0.181. The number of carbonyl (C=O) groups is 1. The quantitative estimate of drug-likeness (QED) is 0.552. The highest BCUT2D eigenvalue weighted by atomic mass is 16.2. The molecule has 92 valence electrons. The predicted molar refractivity (Wildman–Crippen MR) is 67.3 cm³/mol. The van der Waals surface area contributed by atoms with Crippen molar-refractivity contribution in [2.24, 2.45) is 0 Å². The lowest BCUT2D eigenvalue weighted by molar-refractivity contribution is -0.128. The van der Waals surface area contributed by atoms with Gasteiger partial charge in [-0.05, 0) is 45.6 Å². The maximum Gasteiger partial charge on any atom is 0.236 e. The van der Waals surface area contributed by atoms with Gasteiger partial charge in [-0.15, -0.1) is 0 Å². The summed E-state index contributed by atoms with van der Waals surface area (Å²) in [6.45, 7) is 4.17. The van der Waals surface area contributed by atoms with Crippen molar-refractivity contribution in [1.82, 2.24) is 10.2 Å². The SMILES string of the molecule is CCN(C)C(=O)CNCCC1=CCCCC1. The molecule has 0 aromatic heterocycles. The summed E-state index contributed by atoms with van der Waals surface area (Å²) >= 11 is 0. The zero-order chi connectivity index (χ0) is 11.8. The van der Waals surface area contributed by atoms with Crippen LogP contribution in [-0.4, -0.2) is 37.5 Å². The molecule has 3 heteroatoms. The standard InChI is InChI=1S/C13H24N2O/c1-3-15(2)13(16)11-14-10-9-12-7-5-4-6-8-12/h7,14H,3-6,8-11H2,1-2H3. The Balaban J connectivity index is 2.07. The minimum absolute atomic E-state index is 0.181. The Kier molecular flexibility index (Phi) is 6.16. The van der Waals surface area contributed by atoms with Crippen molar-refractivity contribution in [1.29, 1.82) is 0 Å². The Bertz CT molecular complexity index is 248. The number of likely N-dealkylation sites (N-methyl/N-ethyl adjacent to an activating group) is 1. The van der Waals surface area contributed by atoms with E-state index >= 15 is 0 Å². The molecule has 0 aromatic rings. The summed E-state index contributed by atoms with van der Waals surface area (Å²) in [4.78, 5) is 13.2. The molecule has 0 radical (unpaired) electrons. The smallest absolute Gasteiger partial charge is 0.236 e. The van der Waals surface area contributed by atoms with Crippen molar-refractivity contribution in [3.63, 3.8) is 0 Å². The first-order chi connectivity index (χ1) is 7.74. The van der Waals surface area contributed by atoms with E-state index in [0.29, 0.717) is 6.54 Å². The summed E-state index contributed by atoms with van der Waals surface area (Å²) in [5, 5.41) is 3.22. The van der Waals surface area contributed by atoms with Gasteiger partial charge in [-0.25, -0.2) is 0 Å². The van der Waals surface area contributed by atoms with E-state index in [9.17, 15) is 4.79 Å². The van der Waals surface area contributed by atoms with E-state index in [0.717, 1.165) is 19.5 Å². The van der Waals surface area contributed by atoms with E-state index in [1.54, 1.807) is 10.5 Å². The number of allylic oxidation sites excluding steroid dienone is 1. The largest absolute Gasteiger partial charge is 0.345 e. The first-order valence-electron chi connectivity index (χ1n) is 6.36. The number of hydrogen-bond acceptors (Lipinski definition) is 2. The average molecular weight is 224 g/mol. The third-order valence-electron chi connectivity index (χ3n) is 3.18. The Morgan fingerprint density at radius 3 is 2.94 bits per heavy atom. The molecule has 3 nitrogen and oxygen atoms in total. The lowest BCUT2D eigenvalue weighted by Crippen LogP contribution is -2.35. The minimum Gasteiger partial charge on any atom is -0.345 e. The van der Waals surface area contributed by atoms with Crippen LogP contribution in [0.4, 0.5) is 0 Å². The van der Waals surface area contributed by atoms with E-state index < -0.39 is 0 Å². The van der Waals surface area contributed by atoms with Crippen LogP contribution in [0, 0.1) is 0 Å². The summed E-state index contributed by atoms with van der Waals surface area (Å²) in [6.07, 6.45) is 8.64. The number of nitrogens with one attached hydrogen (secondary N) is 1. The van der Waals surface area contributed by atoms with Crippen molar-refractivity contribution in [2.45, 2.75) is 39.0 Å². The van der Waals surface area contributed by atoms with E-state index in [-0.39, 0.29) is 5.91 Å². The van der Waals surface area contributed by atoms with Crippen molar-refractivity contribution < 1.29 is 4.79 Å². The van der Waals surface area contributed by atoms with E-state index in [2.05, 4.69) is 11.4 Å². The zero-order valence-electron chi connectivity index (χ0n) is 10.6. The molecule has 0 spiro atoms. The van der Waals surface area contributed by atoms with Gasteiger partial charge in [-0.1, -0.05) is 11.6 Å². The van der Waals surface area contributed by atoms with Crippen molar-refractivity contribution in [3.05, 3.63) is 11.6 Å². The number of carbonyl (C=O) groups excluding carboxylic acids is 1. The molecule has 1 N–H and O–H groups in total. The highest BCUT2D eigenvalue weighted by Crippen LogP contribution is 2.19. The molecule has 0 saturated carbocycles. The number of hydrogen-bond donors (Lipinski definition) is 1. The maximum atomic E-state index is 11.5. The second kappa shape index (κ2) is 7.44. The van der Waals surface area contributed by atoms with Crippen LogP contribution in [0.15, 0.2) is 11.6 Å². The predicted octanol–water partition coefficient (Wildman–Crippen LogP) is 1.94. The Morgan fingerprint density at radius 2 is 2.31 bits per heavy atom. The van der Waals surface area contributed by atoms with Gasteiger partial charge in [0, 0.05) is 13.6 Å². The van der Waals surface area contributed by atoms with Gasteiger partial charge in [0.2, 0.25) is 5.91 Å². The average Bonchev–Trinajstić information content (AvgIpc) is 2.34. The lowest BCUT2D eigenvalue weighted by Gasteiger charge is -2.16. The molecule has 0 unspecified atom stereocenters. The van der Waals surface area contributed by atoms with Gasteiger partial charge >= 0.3 is 0 Å². The molecule has 1 amide bonds. The van der Waals surface area contributed by atoms with Crippen molar-refractivity contribution in [2.75, 3.05) is 26.7 Å². The van der Waals surface area contributed by atoms with Crippen molar-refractivity contribution >= 4 is 5.91 Å². The molecule has 1 aliphatic rings. The molecule has 16 heavy (non-hydrogen) atoms. The van der Waals surface area contributed by atoms with Crippen LogP contribution < -0.4 is 5.32 Å². The molecule has 1 rings (SSSR count). The van der Waals surface area contributed by atoms with Gasteiger partial charge in [0.15, 0.2) is 0 Å². The first-order valence-corrected chi connectivity index (χ1v) is 6.36. The molecule has 1 aliphatic carbocycles. The molecule has 0 bridgehead atoms. The van der Waals surface area contributed by atoms with E-state index in [1.165, 1.54) is 25.7 Å². The zero-order valence-corrected chi connectivity index (χ0v) is 10.6. The fourth-order valence-corrected chi connectivity index (χ4v) is 1.89. The molecule has 0 aromatic carbocycles.